The number of benzene rings is 8. The Labute approximate surface area is 772 Å². The van der Waals surface area contributed by atoms with Crippen LogP contribution in [0.5, 0.6) is 0 Å². The average Bonchev–Trinajstić information content (AvgIpc) is 1.62. The Hall–Kier alpha value is -13.2. The second-order valence-electron chi connectivity index (χ2n) is 31.4. The fraction of sp³-hybridized carbons (Fsp3) is 0.174. The van der Waals surface area contributed by atoms with Crippen molar-refractivity contribution in [2.75, 3.05) is 65.5 Å². The Morgan fingerprint density at radius 1 is 0.289 bits per heavy atom. The van der Waals surface area contributed by atoms with Gasteiger partial charge in [-0.25, -0.2) is 57.8 Å². The minimum Gasteiger partial charge on any atom is -0.382 e. The molecular formula is C92H80Cl8N24O4. The van der Waals surface area contributed by atoms with Crippen molar-refractivity contribution in [3.63, 3.8) is 0 Å². The van der Waals surface area contributed by atoms with Gasteiger partial charge < -0.3 is 65.5 Å². The van der Waals surface area contributed by atoms with Crippen LogP contribution in [0, 0.1) is 0 Å². The zero-order chi connectivity index (χ0) is 89.6. The first-order valence-electron chi connectivity index (χ1n) is 40.6. The summed E-state index contributed by atoms with van der Waals surface area (Å²) >= 11 is 48.1. The zero-order valence-electron chi connectivity index (χ0n) is 68.8. The molecule has 4 fully saturated rings. The standard InChI is InChI=1S/4C23H20Cl2N6O/c1-31-22-20(21(26)30-31)16(11-19(28-22)13-2-3-13)12-4-7-15(8-5-12)27-23(32)29-18-9-6-14(24)10-17(18)25;1-31-22-20(21(26)30-31)16(11-18(28-22)13-2-3-13)12-4-7-15(8-5-12)27-23(32)29-19-10-14(24)6-9-17(19)25;1-31-22-20(21(26)30-31)16(11-19(29-22)13-2-3-13)12-4-6-14(7-5-12)27-23(32)28-15-8-9-17(24)18(25)10-15;1-31-22-19(21(26)30-31)15(11-18(28-22)13-5-6-13)12-7-9-14(10-8-12)27-23(32)29-17-4-2-3-16(24)20(17)25/h2*4-11,13H,2-3H2,1H3,(H2,26,30)(H2,27,29,32);4-11,13H,2-3H2,1H3,(H2,26,30)(H2,27,28,32);2-4,7-11,13H,5-6H2,1H3,(H2,26,30)(H2,27,29,32). The number of carbonyl (C=O) groups is 4. The highest BCUT2D eigenvalue weighted by molar-refractivity contribution is 6.44. The third-order valence-electron chi connectivity index (χ3n) is 21.9. The second kappa shape index (κ2) is 36.7. The lowest BCUT2D eigenvalue weighted by Gasteiger charge is -2.11. The molecule has 4 aliphatic carbocycles. The summed E-state index contributed by atoms with van der Waals surface area (Å²) in [4.78, 5) is 68.7. The fourth-order valence-corrected chi connectivity index (χ4v) is 16.3. The van der Waals surface area contributed by atoms with Crippen molar-refractivity contribution < 1.29 is 19.2 Å². The number of urea groups is 4. The van der Waals surface area contributed by atoms with E-state index in [0.717, 1.165) is 163 Å². The number of pyridine rings is 4. The highest BCUT2D eigenvalue weighted by atomic mass is 35.5. The number of aromatic nitrogens is 12. The van der Waals surface area contributed by atoms with Crippen molar-refractivity contribution in [1.29, 1.82) is 0 Å². The van der Waals surface area contributed by atoms with Crippen LogP contribution in [0.3, 0.4) is 0 Å². The molecule has 0 bridgehead atoms. The van der Waals surface area contributed by atoms with Crippen molar-refractivity contribution in [1.82, 2.24) is 59.1 Å². The largest absolute Gasteiger partial charge is 0.382 e. The number of nitrogens with zero attached hydrogens (tertiary/aromatic N) is 12. The number of hydrogen-bond acceptors (Lipinski definition) is 16. The van der Waals surface area contributed by atoms with E-state index in [0.29, 0.717) is 133 Å². The number of nitrogens with two attached hydrogens (primary N) is 4. The number of rotatable bonds is 16. The van der Waals surface area contributed by atoms with Crippen LogP contribution in [0.25, 0.3) is 88.6 Å². The molecule has 128 heavy (non-hydrogen) atoms. The predicted molar refractivity (Wildman–Crippen MR) is 518 cm³/mol. The molecule has 8 aromatic carbocycles. The maximum Gasteiger partial charge on any atom is 0.323 e. The Morgan fingerprint density at radius 3 is 0.922 bits per heavy atom. The third-order valence-corrected chi connectivity index (χ3v) is 24.6. The lowest BCUT2D eigenvalue weighted by atomic mass is 10.0. The van der Waals surface area contributed by atoms with Gasteiger partial charge in [0.05, 0.1) is 68.7 Å². The molecule has 0 unspecified atom stereocenters. The summed E-state index contributed by atoms with van der Waals surface area (Å²) in [6.45, 7) is 0. The van der Waals surface area contributed by atoms with E-state index in [1.165, 1.54) is 0 Å². The Bertz CT molecular complexity index is 6890. The van der Waals surface area contributed by atoms with Crippen molar-refractivity contribution in [3.05, 3.63) is 257 Å². The minimum absolute atomic E-state index is 0.293. The van der Waals surface area contributed by atoms with E-state index >= 15 is 0 Å². The number of hydrogen-bond donors (Lipinski definition) is 12. The van der Waals surface area contributed by atoms with Gasteiger partial charge in [0.2, 0.25) is 0 Å². The van der Waals surface area contributed by atoms with E-state index in [2.05, 4.69) is 87.2 Å². The van der Waals surface area contributed by atoms with Gasteiger partial charge in [-0.1, -0.05) is 147 Å². The molecule has 8 amide bonds. The van der Waals surface area contributed by atoms with E-state index in [9.17, 15) is 19.2 Å². The zero-order valence-corrected chi connectivity index (χ0v) is 74.8. The van der Waals surface area contributed by atoms with Gasteiger partial charge in [0.1, 0.15) is 0 Å². The monoisotopic (exact) mass is 1860 g/mol. The van der Waals surface area contributed by atoms with Crippen molar-refractivity contribution in [2.45, 2.75) is 75.0 Å². The van der Waals surface area contributed by atoms with Gasteiger partial charge in [-0.05, 0) is 235 Å². The molecule has 0 spiro atoms. The smallest absolute Gasteiger partial charge is 0.323 e. The van der Waals surface area contributed by atoms with Gasteiger partial charge in [-0.15, -0.1) is 0 Å². The molecule has 0 saturated heterocycles. The van der Waals surface area contributed by atoms with E-state index in [4.69, 9.17) is 136 Å². The molecule has 28 nitrogen and oxygen atoms in total. The van der Waals surface area contributed by atoms with Crippen molar-refractivity contribution in [3.8, 4) is 44.5 Å². The van der Waals surface area contributed by atoms with Gasteiger partial charge in [0.25, 0.3) is 0 Å². The van der Waals surface area contributed by atoms with Crippen LogP contribution in [-0.2, 0) is 28.2 Å². The maximum atomic E-state index is 12.4. The van der Waals surface area contributed by atoms with Crippen LogP contribution in [0.4, 0.5) is 87.9 Å². The summed E-state index contributed by atoms with van der Waals surface area (Å²) in [5.74, 6) is 3.80. The molecule has 4 aliphatic rings. The lowest BCUT2D eigenvalue weighted by Crippen LogP contribution is -2.19. The van der Waals surface area contributed by atoms with Crippen molar-refractivity contribution in [2.24, 2.45) is 28.2 Å². The molecule has 16 aromatic rings. The van der Waals surface area contributed by atoms with Crippen LogP contribution in [0.15, 0.2) is 194 Å². The molecular weight excluding hydrogens is 1790 g/mol. The fourth-order valence-electron chi connectivity index (χ4n) is 14.9. The van der Waals surface area contributed by atoms with Crippen LogP contribution in [0.2, 0.25) is 40.2 Å². The highest BCUT2D eigenvalue weighted by Gasteiger charge is 2.32. The van der Waals surface area contributed by atoms with Gasteiger partial charge in [-0.2, -0.15) is 20.4 Å². The molecule has 0 aliphatic heterocycles. The van der Waals surface area contributed by atoms with E-state index in [1.807, 2.05) is 125 Å². The van der Waals surface area contributed by atoms with Crippen LogP contribution in [-0.4, -0.2) is 83.2 Å². The molecule has 16 N–H and O–H groups in total. The highest BCUT2D eigenvalue weighted by Crippen LogP contribution is 2.48. The third kappa shape index (κ3) is 19.7. The number of halogens is 8. The molecule has 20 rings (SSSR count). The SMILES string of the molecule is Cn1nc(N)c2c(-c3ccc(NC(=O)Nc4cc(Cl)ccc4Cl)cc3)cc(C3CC3)nc21.Cn1nc(N)c2c(-c3ccc(NC(=O)Nc4ccc(Cl)c(Cl)c4)cc3)cc(C3CC3)nc21.Cn1nc(N)c2c(-c3ccc(NC(=O)Nc4ccc(Cl)cc4Cl)cc3)cc(C3CC3)nc21.Cn1nc(N)c2c(-c3ccc(NC(=O)Nc4cccc(Cl)c4Cl)cc3)cc(C3CC3)nc21. The Kier molecular flexibility index (Phi) is 24.9. The topological polar surface area (TPSA) is 391 Å². The van der Waals surface area contributed by atoms with E-state index in [-0.39, 0.29) is 6.03 Å². The molecule has 4 saturated carbocycles. The van der Waals surface area contributed by atoms with Crippen LogP contribution in [0.1, 0.15) is 97.8 Å². The molecule has 8 heterocycles. The number of carbonyl (C=O) groups excluding carboxylic acids is 4. The summed E-state index contributed by atoms with van der Waals surface area (Å²) in [6, 6.07) is 56.8. The first-order chi connectivity index (χ1) is 61.6. The normalized spacial score (nSPS) is 13.3. The van der Waals surface area contributed by atoms with Crippen LogP contribution >= 0.6 is 92.8 Å². The molecule has 8 aromatic heterocycles. The number of anilines is 12. The van der Waals surface area contributed by atoms with E-state index < -0.39 is 18.1 Å². The summed E-state index contributed by atoms with van der Waals surface area (Å²) in [5.41, 5.74) is 44.5. The number of amides is 8. The van der Waals surface area contributed by atoms with Gasteiger partial charge in [-0.3, -0.25) is 0 Å². The summed E-state index contributed by atoms with van der Waals surface area (Å²) in [7, 11) is 7.41. The first kappa shape index (κ1) is 86.9. The number of aryl methyl sites for hydroxylation is 4. The Morgan fingerprint density at radius 2 is 0.586 bits per heavy atom. The summed E-state index contributed by atoms with van der Waals surface area (Å²) in [6.07, 6.45) is 9.23. The van der Waals surface area contributed by atoms with Gasteiger partial charge in [0, 0.05) is 113 Å². The number of nitrogens with one attached hydrogen (secondary N) is 8. The Balaban J connectivity index is 0.000000120. The van der Waals surface area contributed by atoms with Gasteiger partial charge in [0.15, 0.2) is 45.9 Å². The molecule has 36 heteroatoms. The average molecular weight is 1870 g/mol. The quantitative estimate of drug-likeness (QED) is 0.0427. The van der Waals surface area contributed by atoms with Crippen LogP contribution < -0.4 is 65.5 Å². The van der Waals surface area contributed by atoms with Gasteiger partial charge >= 0.3 is 24.1 Å². The maximum absolute atomic E-state index is 12.4. The van der Waals surface area contributed by atoms with E-state index in [1.54, 1.807) is 91.5 Å². The lowest BCUT2D eigenvalue weighted by molar-refractivity contribution is 0.261. The first-order valence-corrected chi connectivity index (χ1v) is 43.6. The van der Waals surface area contributed by atoms with Crippen molar-refractivity contribution >= 4 is 230 Å². The predicted octanol–water partition coefficient (Wildman–Crippen LogP) is 24.2. The molecule has 0 radical (unpaired) electrons. The minimum atomic E-state index is -0.416. The number of fused-ring (bicyclic) bond motifs is 4. The summed E-state index contributed by atoms with van der Waals surface area (Å²) in [5, 5.41) is 46.1. The number of nitrogen functional groups attached to an aromatic ring is 4. The summed E-state index contributed by atoms with van der Waals surface area (Å²) < 4.78 is 6.90. The second-order valence-corrected chi connectivity index (χ2v) is 34.7. The molecule has 0 atom stereocenters. The molecule has 648 valence electrons.